The van der Waals surface area contributed by atoms with Crippen molar-refractivity contribution in [2.24, 2.45) is 13.0 Å². The molecule has 7 heteroatoms. The molecule has 0 unspecified atom stereocenters. The Kier molecular flexibility index (Phi) is 2.98. The summed E-state index contributed by atoms with van der Waals surface area (Å²) in [6.07, 6.45) is 0.887. The zero-order valence-corrected chi connectivity index (χ0v) is 10.7. The number of aryl methyl sites for hydroxylation is 2. The first-order valence-electron chi connectivity index (χ1n) is 5.86. The second-order valence-electron chi connectivity index (χ2n) is 4.79. The van der Waals surface area contributed by atoms with Crippen molar-refractivity contribution in [2.75, 3.05) is 5.73 Å². The highest BCUT2D eigenvalue weighted by Gasteiger charge is 2.15. The Morgan fingerprint density at radius 2 is 2.06 bits per heavy atom. The van der Waals surface area contributed by atoms with E-state index in [1.165, 1.54) is 4.57 Å². The maximum atomic E-state index is 11.8. The van der Waals surface area contributed by atoms with Crippen molar-refractivity contribution >= 4 is 17.1 Å². The van der Waals surface area contributed by atoms with Crippen LogP contribution in [0.4, 0.5) is 5.95 Å². The molecule has 2 rings (SSSR count). The Morgan fingerprint density at radius 3 is 2.67 bits per heavy atom. The third kappa shape index (κ3) is 1.92. The van der Waals surface area contributed by atoms with Gasteiger partial charge in [0.15, 0.2) is 11.2 Å². The molecule has 3 N–H and O–H groups in total. The maximum Gasteiger partial charge on any atom is 0.329 e. The van der Waals surface area contributed by atoms with E-state index >= 15 is 0 Å². The number of fused-ring (bicyclic) bond motifs is 1. The molecule has 7 nitrogen and oxygen atoms in total. The number of rotatable bonds is 3. The van der Waals surface area contributed by atoms with Crippen molar-refractivity contribution < 1.29 is 0 Å². The highest BCUT2D eigenvalue weighted by Crippen LogP contribution is 2.14. The summed E-state index contributed by atoms with van der Waals surface area (Å²) in [6.45, 7) is 4.80. The van der Waals surface area contributed by atoms with Crippen LogP contribution in [0.3, 0.4) is 0 Å². The van der Waals surface area contributed by atoms with Crippen molar-refractivity contribution in [3.63, 3.8) is 0 Å². The quantitative estimate of drug-likeness (QED) is 0.805. The fourth-order valence-corrected chi connectivity index (χ4v) is 1.87. The predicted molar refractivity (Wildman–Crippen MR) is 69.5 cm³/mol. The minimum absolute atomic E-state index is 0.261. The van der Waals surface area contributed by atoms with Gasteiger partial charge in [0.2, 0.25) is 5.95 Å². The topological polar surface area (TPSA) is 98.7 Å². The van der Waals surface area contributed by atoms with E-state index in [-0.39, 0.29) is 5.95 Å². The molecule has 2 aromatic rings. The van der Waals surface area contributed by atoms with Crippen molar-refractivity contribution in [2.45, 2.75) is 26.8 Å². The Morgan fingerprint density at radius 1 is 1.39 bits per heavy atom. The van der Waals surface area contributed by atoms with Gasteiger partial charge in [0.1, 0.15) is 0 Å². The molecule has 0 atom stereocenters. The minimum atomic E-state index is -0.485. The van der Waals surface area contributed by atoms with E-state index in [4.69, 9.17) is 5.73 Å². The fourth-order valence-electron chi connectivity index (χ4n) is 1.87. The van der Waals surface area contributed by atoms with Gasteiger partial charge < -0.3 is 10.3 Å². The Labute approximate surface area is 103 Å². The number of H-pyrrole nitrogens is 1. The van der Waals surface area contributed by atoms with Crippen LogP contribution in [0, 0.1) is 5.92 Å². The normalized spacial score (nSPS) is 11.6. The Hall–Kier alpha value is -2.05. The average molecular weight is 251 g/mol. The van der Waals surface area contributed by atoms with Crippen LogP contribution in [0.5, 0.6) is 0 Å². The van der Waals surface area contributed by atoms with Gasteiger partial charge in [-0.3, -0.25) is 14.3 Å². The zero-order chi connectivity index (χ0) is 13.4. The SMILES string of the molecule is CC(C)CCn1c(N)nc2c1c(=O)[nH]c(=O)n2C. The van der Waals surface area contributed by atoms with Gasteiger partial charge in [-0.1, -0.05) is 13.8 Å². The number of anilines is 1. The Balaban J connectivity index is 2.68. The largest absolute Gasteiger partial charge is 0.369 e. The minimum Gasteiger partial charge on any atom is -0.369 e. The number of aromatic amines is 1. The van der Waals surface area contributed by atoms with Crippen LogP contribution < -0.4 is 17.0 Å². The number of hydrogen-bond acceptors (Lipinski definition) is 4. The number of nitrogens with one attached hydrogen (secondary N) is 1. The summed E-state index contributed by atoms with van der Waals surface area (Å²) in [5, 5.41) is 0. The molecule has 18 heavy (non-hydrogen) atoms. The molecule has 0 aliphatic rings. The van der Waals surface area contributed by atoms with Gasteiger partial charge in [-0.05, 0) is 12.3 Å². The van der Waals surface area contributed by atoms with Crippen LogP contribution in [0.25, 0.3) is 11.2 Å². The van der Waals surface area contributed by atoms with Crippen LogP contribution in [0.2, 0.25) is 0 Å². The number of nitrogens with two attached hydrogens (primary N) is 1. The van der Waals surface area contributed by atoms with Crippen LogP contribution in [0.1, 0.15) is 20.3 Å². The summed E-state index contributed by atoms with van der Waals surface area (Å²) < 4.78 is 2.95. The van der Waals surface area contributed by atoms with E-state index in [0.717, 1.165) is 6.42 Å². The van der Waals surface area contributed by atoms with Crippen molar-refractivity contribution in [1.29, 1.82) is 0 Å². The van der Waals surface area contributed by atoms with Gasteiger partial charge in [0.05, 0.1) is 0 Å². The smallest absolute Gasteiger partial charge is 0.329 e. The van der Waals surface area contributed by atoms with Gasteiger partial charge in [0, 0.05) is 13.6 Å². The van der Waals surface area contributed by atoms with Crippen molar-refractivity contribution in [3.8, 4) is 0 Å². The lowest BCUT2D eigenvalue weighted by Crippen LogP contribution is -2.29. The lowest BCUT2D eigenvalue weighted by atomic mass is 10.1. The Bertz CT molecular complexity index is 692. The molecule has 0 saturated carbocycles. The van der Waals surface area contributed by atoms with Gasteiger partial charge in [-0.15, -0.1) is 0 Å². The molecule has 0 amide bonds. The molecule has 2 heterocycles. The second kappa shape index (κ2) is 4.32. The molecular weight excluding hydrogens is 234 g/mol. The maximum absolute atomic E-state index is 11.8. The van der Waals surface area contributed by atoms with E-state index < -0.39 is 11.2 Å². The van der Waals surface area contributed by atoms with E-state index in [2.05, 4.69) is 23.8 Å². The summed E-state index contributed by atoms with van der Waals surface area (Å²) in [5.74, 6) is 0.755. The summed E-state index contributed by atoms with van der Waals surface area (Å²) in [6, 6.07) is 0. The molecule has 0 aliphatic carbocycles. The van der Waals surface area contributed by atoms with E-state index in [0.29, 0.717) is 23.6 Å². The average Bonchev–Trinajstić information content (AvgIpc) is 2.61. The summed E-state index contributed by atoms with van der Waals surface area (Å²) in [4.78, 5) is 29.7. The number of imidazole rings is 1. The zero-order valence-electron chi connectivity index (χ0n) is 10.7. The standard InChI is InChI=1S/C11H17N5O2/c1-6(2)4-5-16-7-8(13-10(16)12)15(3)11(18)14-9(7)17/h6H,4-5H2,1-3H3,(H2,12,13)(H,14,17,18). The summed E-state index contributed by atoms with van der Waals surface area (Å²) in [5.41, 5.74) is 5.56. The molecular formula is C11H17N5O2. The van der Waals surface area contributed by atoms with Crippen LogP contribution in [-0.2, 0) is 13.6 Å². The molecule has 2 aromatic heterocycles. The van der Waals surface area contributed by atoms with Crippen LogP contribution in [-0.4, -0.2) is 19.1 Å². The molecule has 0 spiro atoms. The summed E-state index contributed by atoms with van der Waals surface area (Å²) >= 11 is 0. The molecule has 0 saturated heterocycles. The van der Waals surface area contributed by atoms with Crippen molar-refractivity contribution in [1.82, 2.24) is 19.1 Å². The molecule has 0 aliphatic heterocycles. The lowest BCUT2D eigenvalue weighted by molar-refractivity contribution is 0.525. The van der Waals surface area contributed by atoms with E-state index in [9.17, 15) is 9.59 Å². The van der Waals surface area contributed by atoms with E-state index in [1.807, 2.05) is 0 Å². The highest BCUT2D eigenvalue weighted by molar-refractivity contribution is 5.73. The van der Waals surface area contributed by atoms with Crippen LogP contribution in [0.15, 0.2) is 9.59 Å². The monoisotopic (exact) mass is 251 g/mol. The first-order valence-corrected chi connectivity index (χ1v) is 5.86. The number of aromatic nitrogens is 4. The third-order valence-electron chi connectivity index (χ3n) is 2.97. The number of nitrogen functional groups attached to an aromatic ring is 1. The third-order valence-corrected chi connectivity index (χ3v) is 2.97. The second-order valence-corrected chi connectivity index (χ2v) is 4.79. The van der Waals surface area contributed by atoms with Gasteiger partial charge in [-0.2, -0.15) is 4.98 Å². The van der Waals surface area contributed by atoms with E-state index in [1.54, 1.807) is 11.6 Å². The van der Waals surface area contributed by atoms with Gasteiger partial charge in [0.25, 0.3) is 5.56 Å². The molecule has 98 valence electrons. The molecule has 0 fully saturated rings. The predicted octanol–water partition coefficient (Wildman–Crippen LogP) is 0.0516. The van der Waals surface area contributed by atoms with Gasteiger partial charge in [-0.25, -0.2) is 4.79 Å². The molecule has 0 bridgehead atoms. The molecule has 0 radical (unpaired) electrons. The highest BCUT2D eigenvalue weighted by atomic mass is 16.2. The first kappa shape index (κ1) is 12.4. The van der Waals surface area contributed by atoms with Crippen LogP contribution >= 0.6 is 0 Å². The molecule has 0 aromatic carbocycles. The lowest BCUT2D eigenvalue weighted by Gasteiger charge is -2.07. The van der Waals surface area contributed by atoms with Gasteiger partial charge >= 0.3 is 5.69 Å². The fraction of sp³-hybridized carbons (Fsp3) is 0.545. The number of hydrogen-bond donors (Lipinski definition) is 2. The van der Waals surface area contributed by atoms with Crippen molar-refractivity contribution in [3.05, 3.63) is 20.8 Å². The first-order chi connectivity index (χ1) is 8.41. The number of nitrogens with zero attached hydrogens (tertiary/aromatic N) is 3. The summed E-state index contributed by atoms with van der Waals surface area (Å²) in [7, 11) is 1.56.